The van der Waals surface area contributed by atoms with Gasteiger partial charge in [0, 0.05) is 17.7 Å². The molecule has 20 heavy (non-hydrogen) atoms. The smallest absolute Gasteiger partial charge is 0.247 e. The lowest BCUT2D eigenvalue weighted by atomic mass is 10.3. The quantitative estimate of drug-likeness (QED) is 0.608. The Kier molecular flexibility index (Phi) is 4.14. The summed E-state index contributed by atoms with van der Waals surface area (Å²) in [6, 6.07) is 0.148. The molecule has 1 N–H and O–H groups in total. The molecule has 10 heteroatoms. The average molecular weight is 383 g/mol. The molecule has 0 saturated carbocycles. The van der Waals surface area contributed by atoms with Gasteiger partial charge in [0.15, 0.2) is 0 Å². The predicted octanol–water partition coefficient (Wildman–Crippen LogP) is 0.533. The van der Waals surface area contributed by atoms with Crippen LogP contribution in [0.25, 0.3) is 0 Å². The Labute approximate surface area is 128 Å². The van der Waals surface area contributed by atoms with E-state index in [1.807, 2.05) is 0 Å². The van der Waals surface area contributed by atoms with E-state index >= 15 is 0 Å². The van der Waals surface area contributed by atoms with Gasteiger partial charge in [-0.05, 0) is 22.0 Å². The molecule has 0 radical (unpaired) electrons. The fraction of sp³-hybridized carbons (Fsp3) is 0.300. The molecule has 2 heterocycles. The van der Waals surface area contributed by atoms with Crippen molar-refractivity contribution in [1.29, 1.82) is 0 Å². The minimum absolute atomic E-state index is 0.215. The van der Waals surface area contributed by atoms with Crippen molar-refractivity contribution >= 4 is 49.4 Å². The summed E-state index contributed by atoms with van der Waals surface area (Å²) in [6.45, 7) is 0. The second-order valence-corrected chi connectivity index (χ2v) is 7.07. The lowest BCUT2D eigenvalue weighted by Gasteiger charge is -2.12. The van der Waals surface area contributed by atoms with E-state index in [1.54, 1.807) is 0 Å². The SMILES string of the molecule is CN1C(=O)CC(NS(=O)(=O)c2cc(Br)cnc2Cl)C1=O. The van der Waals surface area contributed by atoms with E-state index < -0.39 is 27.9 Å². The van der Waals surface area contributed by atoms with Gasteiger partial charge in [0.25, 0.3) is 0 Å². The summed E-state index contributed by atoms with van der Waals surface area (Å²) in [6.07, 6.45) is 1.13. The van der Waals surface area contributed by atoms with Gasteiger partial charge >= 0.3 is 0 Å². The highest BCUT2D eigenvalue weighted by Gasteiger charge is 2.39. The molecular formula is C10H9BrClN3O4S. The second-order valence-electron chi connectivity index (χ2n) is 4.11. The van der Waals surface area contributed by atoms with Gasteiger partial charge in [-0.2, -0.15) is 4.72 Å². The van der Waals surface area contributed by atoms with Crippen molar-refractivity contribution in [3.8, 4) is 0 Å². The summed E-state index contributed by atoms with van der Waals surface area (Å²) in [7, 11) is -2.75. The number of rotatable bonds is 3. The first-order chi connectivity index (χ1) is 9.22. The summed E-state index contributed by atoms with van der Waals surface area (Å²) in [5, 5.41) is -0.217. The topological polar surface area (TPSA) is 96.4 Å². The molecule has 1 aliphatic rings. The molecule has 1 unspecified atom stereocenters. The van der Waals surface area contributed by atoms with Crippen LogP contribution >= 0.6 is 27.5 Å². The number of likely N-dealkylation sites (tertiary alicyclic amines) is 1. The third kappa shape index (κ3) is 2.85. The number of amides is 2. The van der Waals surface area contributed by atoms with E-state index in [-0.39, 0.29) is 16.5 Å². The molecule has 2 rings (SSSR count). The Balaban J connectivity index is 2.31. The Morgan fingerprint density at radius 1 is 1.50 bits per heavy atom. The van der Waals surface area contributed by atoms with E-state index in [0.717, 1.165) is 4.90 Å². The van der Waals surface area contributed by atoms with Gasteiger partial charge in [0.05, 0.1) is 6.42 Å². The number of halogens is 2. The number of carbonyl (C=O) groups excluding carboxylic acids is 2. The zero-order chi connectivity index (χ0) is 15.1. The maximum absolute atomic E-state index is 12.2. The monoisotopic (exact) mass is 381 g/mol. The Morgan fingerprint density at radius 3 is 2.70 bits per heavy atom. The third-order valence-electron chi connectivity index (χ3n) is 2.74. The summed E-state index contributed by atoms with van der Waals surface area (Å²) in [5.41, 5.74) is 0. The number of nitrogens with zero attached hydrogens (tertiary/aromatic N) is 2. The number of carbonyl (C=O) groups is 2. The van der Waals surface area contributed by atoms with Crippen LogP contribution in [0.15, 0.2) is 21.6 Å². The summed E-state index contributed by atoms with van der Waals surface area (Å²) >= 11 is 8.84. The number of likely N-dealkylation sites (N-methyl/N-ethyl adjacent to an activating group) is 1. The Hall–Kier alpha value is -1.03. The van der Waals surface area contributed by atoms with Crippen molar-refractivity contribution in [3.63, 3.8) is 0 Å². The molecule has 108 valence electrons. The van der Waals surface area contributed by atoms with Gasteiger partial charge < -0.3 is 0 Å². The molecule has 1 aromatic rings. The number of nitrogens with one attached hydrogen (secondary N) is 1. The lowest BCUT2D eigenvalue weighted by molar-refractivity contribution is -0.137. The van der Waals surface area contributed by atoms with Crippen molar-refractivity contribution in [3.05, 3.63) is 21.9 Å². The van der Waals surface area contributed by atoms with Crippen LogP contribution in [0, 0.1) is 0 Å². The normalized spacial score (nSPS) is 19.8. The van der Waals surface area contributed by atoms with E-state index in [0.29, 0.717) is 4.47 Å². The molecule has 0 bridgehead atoms. The highest BCUT2D eigenvalue weighted by atomic mass is 79.9. The fourth-order valence-corrected chi connectivity index (χ4v) is 3.82. The molecule has 0 spiro atoms. The molecule has 1 saturated heterocycles. The number of hydrogen-bond acceptors (Lipinski definition) is 5. The minimum Gasteiger partial charge on any atom is -0.284 e. The fourth-order valence-electron chi connectivity index (χ4n) is 1.69. The van der Waals surface area contributed by atoms with Crippen LogP contribution in [0.5, 0.6) is 0 Å². The van der Waals surface area contributed by atoms with E-state index in [2.05, 4.69) is 25.6 Å². The molecule has 1 aliphatic heterocycles. The lowest BCUT2D eigenvalue weighted by Crippen LogP contribution is -2.40. The highest BCUT2D eigenvalue weighted by Crippen LogP contribution is 2.23. The number of aromatic nitrogens is 1. The Bertz CT molecular complexity index is 694. The maximum Gasteiger partial charge on any atom is 0.247 e. The van der Waals surface area contributed by atoms with E-state index in [1.165, 1.54) is 19.3 Å². The van der Waals surface area contributed by atoms with Crippen molar-refractivity contribution in [2.75, 3.05) is 7.05 Å². The van der Waals surface area contributed by atoms with Crippen molar-refractivity contribution < 1.29 is 18.0 Å². The van der Waals surface area contributed by atoms with Crippen LogP contribution < -0.4 is 4.72 Å². The molecule has 1 aromatic heterocycles. The number of sulfonamides is 1. The maximum atomic E-state index is 12.2. The summed E-state index contributed by atoms with van der Waals surface area (Å²) in [4.78, 5) is 27.4. The first-order valence-electron chi connectivity index (χ1n) is 5.36. The molecule has 1 fully saturated rings. The zero-order valence-electron chi connectivity index (χ0n) is 10.1. The molecular weight excluding hydrogens is 374 g/mol. The van der Waals surface area contributed by atoms with Crippen molar-refractivity contribution in [1.82, 2.24) is 14.6 Å². The van der Waals surface area contributed by atoms with Crippen LogP contribution in [0.3, 0.4) is 0 Å². The third-order valence-corrected chi connectivity index (χ3v) is 5.07. The Morgan fingerprint density at radius 2 is 2.15 bits per heavy atom. The second kappa shape index (κ2) is 5.40. The summed E-state index contributed by atoms with van der Waals surface area (Å²) < 4.78 is 27.0. The van der Waals surface area contributed by atoms with Crippen LogP contribution in [-0.2, 0) is 19.6 Å². The highest BCUT2D eigenvalue weighted by molar-refractivity contribution is 9.10. The van der Waals surface area contributed by atoms with Crippen LogP contribution in [-0.4, -0.2) is 43.2 Å². The number of pyridine rings is 1. The number of imide groups is 1. The first-order valence-corrected chi connectivity index (χ1v) is 8.01. The van der Waals surface area contributed by atoms with Crippen LogP contribution in [0.1, 0.15) is 6.42 Å². The van der Waals surface area contributed by atoms with Gasteiger partial charge in [0.1, 0.15) is 16.1 Å². The average Bonchev–Trinajstić information content (AvgIpc) is 2.59. The largest absolute Gasteiger partial charge is 0.284 e. The summed E-state index contributed by atoms with van der Waals surface area (Å²) in [5.74, 6) is -1.04. The van der Waals surface area contributed by atoms with Crippen molar-refractivity contribution in [2.45, 2.75) is 17.4 Å². The molecule has 0 aromatic carbocycles. The van der Waals surface area contributed by atoms with E-state index in [9.17, 15) is 18.0 Å². The van der Waals surface area contributed by atoms with Gasteiger partial charge in [-0.3, -0.25) is 14.5 Å². The van der Waals surface area contributed by atoms with Gasteiger partial charge in [-0.15, -0.1) is 0 Å². The molecule has 2 amide bonds. The molecule has 0 aliphatic carbocycles. The van der Waals surface area contributed by atoms with Crippen molar-refractivity contribution in [2.24, 2.45) is 0 Å². The van der Waals surface area contributed by atoms with Gasteiger partial charge in [-0.25, -0.2) is 13.4 Å². The van der Waals surface area contributed by atoms with Gasteiger partial charge in [0.2, 0.25) is 21.8 Å². The standard InChI is InChI=1S/C10H9BrClN3O4S/c1-15-8(16)3-6(10(15)17)14-20(18,19)7-2-5(11)4-13-9(7)12/h2,4,6,14H,3H2,1H3. The minimum atomic E-state index is -4.05. The van der Waals surface area contributed by atoms with Crippen LogP contribution in [0.4, 0.5) is 0 Å². The molecule has 7 nitrogen and oxygen atoms in total. The van der Waals surface area contributed by atoms with Crippen LogP contribution in [0.2, 0.25) is 5.15 Å². The zero-order valence-corrected chi connectivity index (χ0v) is 13.3. The van der Waals surface area contributed by atoms with E-state index in [4.69, 9.17) is 11.6 Å². The molecule has 1 atom stereocenters. The van der Waals surface area contributed by atoms with Gasteiger partial charge in [-0.1, -0.05) is 11.6 Å². The first kappa shape index (κ1) is 15.4. The number of hydrogen-bond donors (Lipinski definition) is 1. The predicted molar refractivity (Wildman–Crippen MR) is 73.5 cm³/mol.